The van der Waals surface area contributed by atoms with Gasteiger partial charge in [0.05, 0.1) is 11.3 Å². The molecule has 1 aliphatic rings. The molecular weight excluding hydrogens is 480 g/mol. The number of hydrogen-bond acceptors (Lipinski definition) is 5. The van der Waals surface area contributed by atoms with Crippen molar-refractivity contribution in [1.82, 2.24) is 18.8 Å². The van der Waals surface area contributed by atoms with Crippen molar-refractivity contribution in [2.75, 3.05) is 14.1 Å². The highest BCUT2D eigenvalue weighted by Gasteiger charge is 2.40. The van der Waals surface area contributed by atoms with Gasteiger partial charge in [0.1, 0.15) is 4.75 Å². The molecule has 1 atom stereocenters. The van der Waals surface area contributed by atoms with Crippen molar-refractivity contribution in [3.05, 3.63) is 71.1 Å². The number of hydrogen-bond donors (Lipinski definition) is 0. The molecule has 0 aliphatic heterocycles. The summed E-state index contributed by atoms with van der Waals surface area (Å²) in [5.41, 5.74) is 1.99. The first-order valence-corrected chi connectivity index (χ1v) is 11.8. The van der Waals surface area contributed by atoms with E-state index in [1.165, 1.54) is 15.1 Å². The van der Waals surface area contributed by atoms with E-state index in [2.05, 4.69) is 25.9 Å². The number of carbonyl (C=O) groups is 1. The van der Waals surface area contributed by atoms with Crippen LogP contribution in [0, 0.1) is 0 Å². The number of halogens is 1. The molecule has 1 amide bonds. The van der Waals surface area contributed by atoms with Crippen LogP contribution in [0.15, 0.2) is 65.6 Å². The Balaban J connectivity index is 1.86. The van der Waals surface area contributed by atoms with Crippen molar-refractivity contribution in [1.29, 1.82) is 0 Å². The van der Waals surface area contributed by atoms with Crippen molar-refractivity contribution < 1.29 is 13.2 Å². The molecule has 160 valence electrons. The van der Waals surface area contributed by atoms with Gasteiger partial charge in [-0.25, -0.2) is 17.4 Å². The Morgan fingerprint density at radius 1 is 1.23 bits per heavy atom. The topological polar surface area (TPSA) is 85.2 Å². The maximum absolute atomic E-state index is 13.7. The Bertz CT molecular complexity index is 1340. The molecular formula is C22H21BrN4O3S. The zero-order chi connectivity index (χ0) is 22.4. The summed E-state index contributed by atoms with van der Waals surface area (Å²) in [4.78, 5) is 22.4. The number of allylic oxidation sites excluding steroid dienone is 3. The third kappa shape index (κ3) is 3.61. The van der Waals surface area contributed by atoms with Gasteiger partial charge >= 0.3 is 0 Å². The summed E-state index contributed by atoms with van der Waals surface area (Å²) in [7, 11) is -0.483. The fourth-order valence-corrected chi connectivity index (χ4v) is 6.06. The Labute approximate surface area is 189 Å². The molecule has 3 heterocycles. The van der Waals surface area contributed by atoms with Crippen molar-refractivity contribution in [2.45, 2.75) is 18.1 Å². The third-order valence-corrected chi connectivity index (χ3v) is 8.07. The summed E-state index contributed by atoms with van der Waals surface area (Å²) in [6, 6.07) is 6.98. The van der Waals surface area contributed by atoms with E-state index in [0.717, 1.165) is 4.48 Å². The average Bonchev–Trinajstić information content (AvgIpc) is 3.13. The second kappa shape index (κ2) is 7.72. The lowest BCUT2D eigenvalue weighted by molar-refractivity contribution is 0.0827. The summed E-state index contributed by atoms with van der Waals surface area (Å²) in [6.45, 7) is 1.70. The van der Waals surface area contributed by atoms with Gasteiger partial charge in [-0.2, -0.15) is 0 Å². The first-order chi connectivity index (χ1) is 14.6. The van der Waals surface area contributed by atoms with Gasteiger partial charge in [0.2, 0.25) is 10.0 Å². The number of aromatic nitrogens is 3. The smallest absolute Gasteiger partial charge is 0.254 e. The second-order valence-corrected chi connectivity index (χ2v) is 11.0. The lowest BCUT2D eigenvalue weighted by Crippen LogP contribution is -2.38. The normalized spacial score (nSPS) is 18.8. The molecule has 0 spiro atoms. The predicted molar refractivity (Wildman–Crippen MR) is 124 cm³/mol. The molecule has 1 unspecified atom stereocenters. The molecule has 0 bridgehead atoms. The highest BCUT2D eigenvalue weighted by Crippen LogP contribution is 2.36. The summed E-state index contributed by atoms with van der Waals surface area (Å²) < 4.78 is 28.2. The van der Waals surface area contributed by atoms with Crippen molar-refractivity contribution >= 4 is 42.9 Å². The molecule has 0 fully saturated rings. The van der Waals surface area contributed by atoms with E-state index in [1.807, 2.05) is 18.2 Å². The monoisotopic (exact) mass is 500 g/mol. The predicted octanol–water partition coefficient (Wildman–Crippen LogP) is 3.98. The number of carbonyl (C=O) groups excluding carboxylic acids is 1. The van der Waals surface area contributed by atoms with Crippen LogP contribution in [-0.2, 0) is 10.0 Å². The Morgan fingerprint density at radius 2 is 2.00 bits per heavy atom. The van der Waals surface area contributed by atoms with Crippen molar-refractivity contribution in [3.63, 3.8) is 0 Å². The number of nitrogens with zero attached hydrogens (tertiary/aromatic N) is 4. The van der Waals surface area contributed by atoms with Crippen LogP contribution in [-0.4, -0.2) is 52.0 Å². The zero-order valence-electron chi connectivity index (χ0n) is 17.3. The van der Waals surface area contributed by atoms with Crippen molar-refractivity contribution in [3.8, 4) is 11.3 Å². The van der Waals surface area contributed by atoms with E-state index < -0.39 is 14.8 Å². The van der Waals surface area contributed by atoms with Gasteiger partial charge in [-0.1, -0.05) is 28.1 Å². The quantitative estimate of drug-likeness (QED) is 0.540. The molecule has 0 aromatic carbocycles. The molecule has 3 aromatic rings. The molecule has 0 saturated carbocycles. The maximum Gasteiger partial charge on any atom is 0.254 e. The summed E-state index contributed by atoms with van der Waals surface area (Å²) >= 11 is 3.39. The number of fused-ring (bicyclic) bond motifs is 1. The fraction of sp³-hybridized carbons (Fsp3) is 0.227. The fourth-order valence-electron chi connectivity index (χ4n) is 3.56. The van der Waals surface area contributed by atoms with Gasteiger partial charge in [0.15, 0.2) is 5.65 Å². The summed E-state index contributed by atoms with van der Waals surface area (Å²) in [5.74, 6) is -0.152. The molecule has 7 nitrogen and oxygen atoms in total. The molecule has 9 heteroatoms. The largest absolute Gasteiger partial charge is 0.345 e. The van der Waals surface area contributed by atoms with Crippen molar-refractivity contribution in [2.24, 2.45) is 0 Å². The Hall–Kier alpha value is -2.78. The highest BCUT2D eigenvalue weighted by atomic mass is 79.9. The molecule has 0 saturated heterocycles. The van der Waals surface area contributed by atoms with Gasteiger partial charge in [0, 0.05) is 48.1 Å². The average molecular weight is 501 g/mol. The van der Waals surface area contributed by atoms with E-state index in [0.29, 0.717) is 34.3 Å². The molecule has 0 N–H and O–H groups in total. The van der Waals surface area contributed by atoms with Gasteiger partial charge in [0.25, 0.3) is 5.91 Å². The molecule has 1 aliphatic carbocycles. The third-order valence-electron chi connectivity index (χ3n) is 5.32. The van der Waals surface area contributed by atoms with E-state index >= 15 is 0 Å². The Morgan fingerprint density at radius 3 is 2.65 bits per heavy atom. The van der Waals surface area contributed by atoms with Gasteiger partial charge < -0.3 is 4.90 Å². The first-order valence-electron chi connectivity index (χ1n) is 9.58. The Kier molecular flexibility index (Phi) is 5.35. The van der Waals surface area contributed by atoms with E-state index in [1.54, 1.807) is 57.7 Å². The van der Waals surface area contributed by atoms with Gasteiger partial charge in [-0.05, 0) is 43.7 Å². The minimum absolute atomic E-state index is 0.152. The molecule has 4 rings (SSSR count). The summed E-state index contributed by atoms with van der Waals surface area (Å²) in [6.07, 6.45) is 10.4. The van der Waals surface area contributed by atoms with Gasteiger partial charge in [-0.3, -0.25) is 9.78 Å². The number of amides is 1. The van der Waals surface area contributed by atoms with E-state index in [9.17, 15) is 13.2 Å². The highest BCUT2D eigenvalue weighted by molar-refractivity contribution is 9.11. The maximum atomic E-state index is 13.7. The number of rotatable bonds is 4. The summed E-state index contributed by atoms with van der Waals surface area (Å²) in [5, 5.41) is 0.670. The standard InChI is InChI=1S/C22H21BrN4O3S/c1-22(10-4-6-16(23)12-22)31(29,30)27-14-18(17-7-5-11-24-20(17)27)19-9-8-15(13-25-19)21(28)26(2)3/h4-9,11-14H,10H2,1-3H3. The van der Waals surface area contributed by atoms with Crippen LogP contribution in [0.1, 0.15) is 23.7 Å². The van der Waals surface area contributed by atoms with E-state index in [4.69, 9.17) is 0 Å². The van der Waals surface area contributed by atoms with Crippen LogP contribution in [0.25, 0.3) is 22.3 Å². The lowest BCUT2D eigenvalue weighted by atomic mass is 10.0. The van der Waals surface area contributed by atoms with Crippen LogP contribution >= 0.6 is 15.9 Å². The van der Waals surface area contributed by atoms with Crippen LogP contribution in [0.5, 0.6) is 0 Å². The molecule has 3 aromatic heterocycles. The lowest BCUT2D eigenvalue weighted by Gasteiger charge is -2.27. The zero-order valence-corrected chi connectivity index (χ0v) is 19.7. The number of pyridine rings is 2. The second-order valence-electron chi connectivity index (χ2n) is 7.80. The van der Waals surface area contributed by atoms with Crippen LogP contribution in [0.3, 0.4) is 0 Å². The minimum Gasteiger partial charge on any atom is -0.345 e. The SMILES string of the molecule is CN(C)C(=O)c1ccc(-c2cn(S(=O)(=O)C3(C)C=C(Br)C=CC3)c3ncccc23)nc1. The van der Waals surface area contributed by atoms with Crippen LogP contribution in [0.2, 0.25) is 0 Å². The first kappa shape index (κ1) is 21.5. The van der Waals surface area contributed by atoms with Crippen LogP contribution < -0.4 is 0 Å². The van der Waals surface area contributed by atoms with Gasteiger partial charge in [-0.15, -0.1) is 0 Å². The van der Waals surface area contributed by atoms with Crippen LogP contribution in [0.4, 0.5) is 0 Å². The molecule has 0 radical (unpaired) electrons. The minimum atomic E-state index is -3.83. The molecule has 31 heavy (non-hydrogen) atoms. The van der Waals surface area contributed by atoms with E-state index in [-0.39, 0.29) is 5.91 Å².